The van der Waals surface area contributed by atoms with Crippen LogP contribution in [-0.2, 0) is 6.54 Å². The van der Waals surface area contributed by atoms with Gasteiger partial charge in [0.25, 0.3) is 5.56 Å². The third-order valence-corrected chi connectivity index (χ3v) is 4.92. The van der Waals surface area contributed by atoms with Gasteiger partial charge in [-0.15, -0.1) is 0 Å². The lowest BCUT2D eigenvalue weighted by Gasteiger charge is -2.45. The molecule has 0 unspecified atom stereocenters. The van der Waals surface area contributed by atoms with Gasteiger partial charge in [-0.2, -0.15) is 0 Å². The van der Waals surface area contributed by atoms with Crippen LogP contribution in [0.15, 0.2) is 23.0 Å². The van der Waals surface area contributed by atoms with Crippen LogP contribution in [0.3, 0.4) is 0 Å². The summed E-state index contributed by atoms with van der Waals surface area (Å²) in [5.41, 5.74) is 1.47. The molecule has 0 N–H and O–H groups in total. The van der Waals surface area contributed by atoms with E-state index < -0.39 is 0 Å². The second-order valence-electron chi connectivity index (χ2n) is 5.80. The highest BCUT2D eigenvalue weighted by atomic mass is 16.1. The van der Waals surface area contributed by atoms with Gasteiger partial charge in [0.05, 0.1) is 0 Å². The van der Waals surface area contributed by atoms with Crippen LogP contribution in [0, 0.1) is 5.92 Å². The van der Waals surface area contributed by atoms with Gasteiger partial charge in [-0.25, -0.2) is 0 Å². The van der Waals surface area contributed by atoms with E-state index in [0.29, 0.717) is 11.8 Å². The summed E-state index contributed by atoms with van der Waals surface area (Å²) in [5.74, 6) is 1.31. The Hall–Kier alpha value is -1.09. The Morgan fingerprint density at radius 1 is 1.24 bits per heavy atom. The SMILES string of the molecule is O=c1cccc2n1C[C@@H]1C[C@@H]2CN2CCC[C@H]12. The zero-order chi connectivity index (χ0) is 11.4. The zero-order valence-electron chi connectivity index (χ0n) is 10.0. The molecule has 90 valence electrons. The minimum absolute atomic E-state index is 0.198. The first-order chi connectivity index (χ1) is 8.33. The van der Waals surface area contributed by atoms with E-state index in [-0.39, 0.29) is 5.56 Å². The van der Waals surface area contributed by atoms with Gasteiger partial charge in [0.2, 0.25) is 0 Å². The standard InChI is InChI=1S/C14H18N2O/c17-14-5-1-3-13-10-7-11(9-16(13)14)12-4-2-6-15(12)8-10/h1,3,5,10-12H,2,4,6-9H2/t10-,11+,12-/m1/s1. The molecule has 3 aliphatic heterocycles. The molecular formula is C14H18N2O. The van der Waals surface area contributed by atoms with E-state index in [0.717, 1.165) is 12.6 Å². The molecule has 2 fully saturated rings. The molecule has 0 amide bonds. The summed E-state index contributed by atoms with van der Waals surface area (Å²) in [5, 5.41) is 0. The largest absolute Gasteiger partial charge is 0.312 e. The lowest BCUT2D eigenvalue weighted by Crippen LogP contribution is -2.50. The third kappa shape index (κ3) is 1.35. The lowest BCUT2D eigenvalue weighted by atomic mass is 9.78. The topological polar surface area (TPSA) is 25.2 Å². The van der Waals surface area contributed by atoms with Crippen LogP contribution in [-0.4, -0.2) is 28.6 Å². The van der Waals surface area contributed by atoms with Crippen LogP contribution in [0.4, 0.5) is 0 Å². The highest BCUT2D eigenvalue weighted by Crippen LogP contribution is 2.41. The molecule has 4 rings (SSSR count). The van der Waals surface area contributed by atoms with Crippen molar-refractivity contribution in [1.29, 1.82) is 0 Å². The molecule has 0 aromatic carbocycles. The normalized spacial score (nSPS) is 35.4. The Labute approximate surface area is 101 Å². The third-order valence-electron chi connectivity index (χ3n) is 4.92. The van der Waals surface area contributed by atoms with Crippen molar-refractivity contribution >= 4 is 0 Å². The van der Waals surface area contributed by atoms with E-state index in [9.17, 15) is 4.79 Å². The molecular weight excluding hydrogens is 212 g/mol. The van der Waals surface area contributed by atoms with Crippen LogP contribution in [0.25, 0.3) is 0 Å². The fraction of sp³-hybridized carbons (Fsp3) is 0.643. The zero-order valence-corrected chi connectivity index (χ0v) is 10.0. The Morgan fingerprint density at radius 2 is 2.18 bits per heavy atom. The number of pyridine rings is 1. The molecule has 4 heterocycles. The summed E-state index contributed by atoms with van der Waals surface area (Å²) in [6.45, 7) is 3.39. The number of piperidine rings is 1. The molecule has 0 aliphatic carbocycles. The number of fused-ring (bicyclic) bond motifs is 6. The van der Waals surface area contributed by atoms with Crippen molar-refractivity contribution in [2.45, 2.75) is 37.8 Å². The van der Waals surface area contributed by atoms with E-state index in [1.54, 1.807) is 6.07 Å². The van der Waals surface area contributed by atoms with Crippen molar-refractivity contribution in [2.75, 3.05) is 13.1 Å². The maximum atomic E-state index is 11.9. The van der Waals surface area contributed by atoms with Crippen molar-refractivity contribution in [2.24, 2.45) is 5.92 Å². The summed E-state index contributed by atoms with van der Waals surface area (Å²) in [4.78, 5) is 14.6. The van der Waals surface area contributed by atoms with E-state index in [1.807, 2.05) is 10.6 Å². The highest BCUT2D eigenvalue weighted by molar-refractivity contribution is 5.18. The molecule has 0 spiro atoms. The van der Waals surface area contributed by atoms with Gasteiger partial charge in [-0.3, -0.25) is 9.69 Å². The Bertz CT molecular complexity index is 507. The van der Waals surface area contributed by atoms with Crippen LogP contribution < -0.4 is 5.56 Å². The summed E-state index contributed by atoms with van der Waals surface area (Å²) >= 11 is 0. The number of rotatable bonds is 0. The summed E-state index contributed by atoms with van der Waals surface area (Å²) < 4.78 is 2.04. The first-order valence-electron chi connectivity index (χ1n) is 6.77. The molecule has 3 heteroatoms. The Kier molecular flexibility index (Phi) is 2.01. The number of nitrogens with zero attached hydrogens (tertiary/aromatic N) is 2. The molecule has 3 atom stereocenters. The van der Waals surface area contributed by atoms with Crippen LogP contribution in [0.5, 0.6) is 0 Å². The van der Waals surface area contributed by atoms with E-state index in [2.05, 4.69) is 11.0 Å². The molecule has 3 nitrogen and oxygen atoms in total. The quantitative estimate of drug-likeness (QED) is 0.673. The van der Waals surface area contributed by atoms with Crippen molar-refractivity contribution in [1.82, 2.24) is 9.47 Å². The average molecular weight is 230 g/mol. The summed E-state index contributed by atoms with van der Waals surface area (Å²) in [6.07, 6.45) is 3.98. The average Bonchev–Trinajstić information content (AvgIpc) is 2.79. The lowest BCUT2D eigenvalue weighted by molar-refractivity contribution is 0.0832. The van der Waals surface area contributed by atoms with Gasteiger partial charge < -0.3 is 4.57 Å². The minimum Gasteiger partial charge on any atom is -0.312 e. The molecule has 1 aromatic rings. The van der Waals surface area contributed by atoms with Gasteiger partial charge in [0, 0.05) is 36.8 Å². The molecule has 3 aliphatic rings. The summed E-state index contributed by atoms with van der Waals surface area (Å²) in [6, 6.07) is 6.53. The molecule has 2 saturated heterocycles. The first-order valence-corrected chi connectivity index (χ1v) is 6.77. The van der Waals surface area contributed by atoms with E-state index in [1.165, 1.54) is 38.0 Å². The van der Waals surface area contributed by atoms with E-state index >= 15 is 0 Å². The number of aromatic nitrogens is 1. The number of hydrogen-bond acceptors (Lipinski definition) is 2. The van der Waals surface area contributed by atoms with Gasteiger partial charge in [-0.05, 0) is 37.8 Å². The first kappa shape index (κ1) is 9.89. The minimum atomic E-state index is 0.198. The fourth-order valence-corrected chi connectivity index (χ4v) is 4.23. The van der Waals surface area contributed by atoms with Crippen molar-refractivity contribution in [3.8, 4) is 0 Å². The van der Waals surface area contributed by atoms with Gasteiger partial charge in [-0.1, -0.05) is 6.07 Å². The van der Waals surface area contributed by atoms with Crippen LogP contribution in [0.2, 0.25) is 0 Å². The van der Waals surface area contributed by atoms with Gasteiger partial charge in [0.15, 0.2) is 0 Å². The van der Waals surface area contributed by atoms with Gasteiger partial charge in [0.1, 0.15) is 0 Å². The Morgan fingerprint density at radius 3 is 3.12 bits per heavy atom. The van der Waals surface area contributed by atoms with E-state index in [4.69, 9.17) is 0 Å². The van der Waals surface area contributed by atoms with Crippen molar-refractivity contribution in [3.63, 3.8) is 0 Å². The smallest absolute Gasteiger partial charge is 0.250 e. The maximum Gasteiger partial charge on any atom is 0.250 e. The summed E-state index contributed by atoms with van der Waals surface area (Å²) in [7, 11) is 0. The van der Waals surface area contributed by atoms with Crippen LogP contribution in [0.1, 0.15) is 30.9 Å². The van der Waals surface area contributed by atoms with Gasteiger partial charge >= 0.3 is 0 Å². The van der Waals surface area contributed by atoms with Crippen LogP contribution >= 0.6 is 0 Å². The maximum absolute atomic E-state index is 11.9. The fourth-order valence-electron chi connectivity index (χ4n) is 4.23. The predicted molar refractivity (Wildman–Crippen MR) is 66.1 cm³/mol. The second kappa shape index (κ2) is 3.45. The van der Waals surface area contributed by atoms with Crippen molar-refractivity contribution in [3.05, 3.63) is 34.2 Å². The molecule has 1 aromatic heterocycles. The molecule has 0 saturated carbocycles. The van der Waals surface area contributed by atoms with Crippen molar-refractivity contribution < 1.29 is 0 Å². The molecule has 2 bridgehead atoms. The molecule has 0 radical (unpaired) electrons. The predicted octanol–water partition coefficient (Wildman–Crippen LogP) is 1.43. The molecule has 17 heavy (non-hydrogen) atoms. The highest BCUT2D eigenvalue weighted by Gasteiger charge is 2.42. The monoisotopic (exact) mass is 230 g/mol. The Balaban J connectivity index is 1.81. The second-order valence-corrected chi connectivity index (χ2v) is 5.80. The number of hydrogen-bond donors (Lipinski definition) is 0.